The van der Waals surface area contributed by atoms with E-state index in [0.717, 1.165) is 16.8 Å². The number of nitrogens with zero attached hydrogens (tertiary/aromatic N) is 2. The van der Waals surface area contributed by atoms with Crippen molar-refractivity contribution in [3.63, 3.8) is 0 Å². The molecule has 5 nitrogen and oxygen atoms in total. The second-order valence-electron chi connectivity index (χ2n) is 5.04. The van der Waals surface area contributed by atoms with E-state index in [4.69, 9.17) is 16.0 Å². The molecular weight excluding hydrogens is 346 g/mol. The number of benzene rings is 2. The van der Waals surface area contributed by atoms with E-state index in [1.165, 1.54) is 11.8 Å². The first-order valence-corrected chi connectivity index (χ1v) is 8.56. The van der Waals surface area contributed by atoms with Gasteiger partial charge in [0.1, 0.15) is 0 Å². The highest BCUT2D eigenvalue weighted by molar-refractivity contribution is 7.99. The topological polar surface area (TPSA) is 68.0 Å². The second kappa shape index (κ2) is 7.51. The molecule has 24 heavy (non-hydrogen) atoms. The van der Waals surface area contributed by atoms with Crippen molar-refractivity contribution in [2.75, 3.05) is 11.1 Å². The van der Waals surface area contributed by atoms with E-state index >= 15 is 0 Å². The monoisotopic (exact) mass is 359 g/mol. The van der Waals surface area contributed by atoms with Gasteiger partial charge in [0.2, 0.25) is 11.8 Å². The zero-order valence-electron chi connectivity index (χ0n) is 12.8. The smallest absolute Gasteiger partial charge is 0.277 e. The third-order valence-electron chi connectivity index (χ3n) is 3.22. The third kappa shape index (κ3) is 4.15. The summed E-state index contributed by atoms with van der Waals surface area (Å²) in [5, 5.41) is 11.8. The molecule has 1 heterocycles. The van der Waals surface area contributed by atoms with Gasteiger partial charge in [-0.05, 0) is 42.8 Å². The van der Waals surface area contributed by atoms with E-state index in [1.54, 1.807) is 18.2 Å². The van der Waals surface area contributed by atoms with Crippen molar-refractivity contribution in [1.82, 2.24) is 10.2 Å². The molecule has 1 aromatic heterocycles. The number of nitrogens with one attached hydrogen (secondary N) is 1. The molecule has 0 fully saturated rings. The number of carbonyl (C=O) groups excluding carboxylic acids is 1. The minimum absolute atomic E-state index is 0.148. The van der Waals surface area contributed by atoms with Crippen molar-refractivity contribution < 1.29 is 9.21 Å². The fourth-order valence-electron chi connectivity index (χ4n) is 2.05. The van der Waals surface area contributed by atoms with Crippen LogP contribution in [-0.4, -0.2) is 21.9 Å². The number of anilines is 1. The van der Waals surface area contributed by atoms with Crippen LogP contribution in [0.1, 0.15) is 5.56 Å². The van der Waals surface area contributed by atoms with Crippen LogP contribution < -0.4 is 5.32 Å². The first kappa shape index (κ1) is 16.5. The molecule has 1 amide bonds. The highest BCUT2D eigenvalue weighted by atomic mass is 35.5. The summed E-state index contributed by atoms with van der Waals surface area (Å²) in [6.45, 7) is 1.89. The molecule has 3 rings (SSSR count). The Labute approximate surface area is 148 Å². The van der Waals surface area contributed by atoms with E-state index in [1.807, 2.05) is 37.3 Å². The Morgan fingerprint density at radius 1 is 1.21 bits per heavy atom. The molecule has 0 atom stereocenters. The van der Waals surface area contributed by atoms with Gasteiger partial charge in [-0.3, -0.25) is 4.79 Å². The molecular formula is C17H14ClN3O2S. The molecule has 0 bridgehead atoms. The molecule has 0 saturated carbocycles. The van der Waals surface area contributed by atoms with Crippen LogP contribution >= 0.6 is 23.4 Å². The first-order chi connectivity index (χ1) is 11.6. The number of hydrogen-bond donors (Lipinski definition) is 1. The molecule has 122 valence electrons. The Bertz CT molecular complexity index is 852. The third-order valence-corrected chi connectivity index (χ3v) is 4.27. The van der Waals surface area contributed by atoms with Gasteiger partial charge in [-0.1, -0.05) is 41.6 Å². The minimum Gasteiger partial charge on any atom is -0.411 e. The lowest BCUT2D eigenvalue weighted by atomic mass is 10.2. The van der Waals surface area contributed by atoms with Crippen LogP contribution in [0.25, 0.3) is 11.5 Å². The summed E-state index contributed by atoms with van der Waals surface area (Å²) >= 11 is 7.10. The fraction of sp³-hybridized carbons (Fsp3) is 0.118. The number of thioether (sulfide) groups is 1. The zero-order valence-corrected chi connectivity index (χ0v) is 14.4. The van der Waals surface area contributed by atoms with Crippen LogP contribution in [0.4, 0.5) is 5.69 Å². The van der Waals surface area contributed by atoms with Gasteiger partial charge >= 0.3 is 0 Å². The number of carbonyl (C=O) groups is 1. The van der Waals surface area contributed by atoms with Crippen LogP contribution in [0, 0.1) is 6.92 Å². The summed E-state index contributed by atoms with van der Waals surface area (Å²) in [6, 6.07) is 14.8. The molecule has 0 aliphatic heterocycles. The molecule has 7 heteroatoms. The molecule has 3 aromatic rings. The molecule has 0 aliphatic carbocycles. The SMILES string of the molecule is Cc1cc(Cl)ccc1NC(=O)CSc1nnc(-c2ccccc2)o1. The second-order valence-corrected chi connectivity index (χ2v) is 6.40. The number of amides is 1. The van der Waals surface area contributed by atoms with E-state index in [0.29, 0.717) is 16.1 Å². The van der Waals surface area contributed by atoms with Gasteiger partial charge in [0.15, 0.2) is 0 Å². The fourth-order valence-corrected chi connectivity index (χ4v) is 2.84. The summed E-state index contributed by atoms with van der Waals surface area (Å²) in [4.78, 5) is 12.0. The summed E-state index contributed by atoms with van der Waals surface area (Å²) in [5.74, 6) is 0.468. The molecule has 0 spiro atoms. The number of halogens is 1. The highest BCUT2D eigenvalue weighted by Crippen LogP contribution is 2.24. The predicted molar refractivity (Wildman–Crippen MR) is 95.3 cm³/mol. The maximum atomic E-state index is 12.0. The van der Waals surface area contributed by atoms with Crippen LogP contribution in [-0.2, 0) is 4.79 Å². The van der Waals surface area contributed by atoms with Crippen molar-refractivity contribution in [3.8, 4) is 11.5 Å². The average Bonchev–Trinajstić information content (AvgIpc) is 3.05. The summed E-state index contributed by atoms with van der Waals surface area (Å²) in [6.07, 6.45) is 0. The lowest BCUT2D eigenvalue weighted by molar-refractivity contribution is -0.113. The maximum Gasteiger partial charge on any atom is 0.277 e. The quantitative estimate of drug-likeness (QED) is 0.682. The Hall–Kier alpha value is -2.31. The molecule has 2 aromatic carbocycles. The summed E-state index contributed by atoms with van der Waals surface area (Å²) < 4.78 is 5.55. The van der Waals surface area contributed by atoms with Crippen molar-refractivity contribution in [3.05, 3.63) is 59.1 Å². The van der Waals surface area contributed by atoms with Gasteiger partial charge in [-0.15, -0.1) is 10.2 Å². The van der Waals surface area contributed by atoms with Crippen LogP contribution in [0.3, 0.4) is 0 Å². The number of aromatic nitrogens is 2. The molecule has 0 unspecified atom stereocenters. The summed E-state index contributed by atoms with van der Waals surface area (Å²) in [7, 11) is 0. The normalized spacial score (nSPS) is 10.6. The van der Waals surface area contributed by atoms with Crippen LogP contribution in [0.2, 0.25) is 5.02 Å². The van der Waals surface area contributed by atoms with Gasteiger partial charge in [0.05, 0.1) is 5.75 Å². The number of hydrogen-bond acceptors (Lipinski definition) is 5. The molecule has 1 N–H and O–H groups in total. The van der Waals surface area contributed by atoms with E-state index in [9.17, 15) is 4.79 Å². The lowest BCUT2D eigenvalue weighted by Gasteiger charge is -2.07. The van der Waals surface area contributed by atoms with Crippen molar-refractivity contribution >= 4 is 35.0 Å². The van der Waals surface area contributed by atoms with Crippen molar-refractivity contribution in [2.24, 2.45) is 0 Å². The predicted octanol–water partition coefficient (Wildman–Crippen LogP) is 4.43. The van der Waals surface area contributed by atoms with E-state index in [2.05, 4.69) is 15.5 Å². The van der Waals surface area contributed by atoms with Gasteiger partial charge in [0.25, 0.3) is 5.22 Å². The van der Waals surface area contributed by atoms with Crippen molar-refractivity contribution in [2.45, 2.75) is 12.1 Å². The standard InChI is InChI=1S/C17H14ClN3O2S/c1-11-9-13(18)7-8-14(11)19-15(22)10-24-17-21-20-16(23-17)12-5-3-2-4-6-12/h2-9H,10H2,1H3,(H,19,22). The van der Waals surface area contributed by atoms with Crippen molar-refractivity contribution in [1.29, 1.82) is 0 Å². The number of rotatable bonds is 5. The Balaban J connectivity index is 1.58. The van der Waals surface area contributed by atoms with Crippen LogP contribution in [0.5, 0.6) is 0 Å². The average molecular weight is 360 g/mol. The first-order valence-electron chi connectivity index (χ1n) is 7.19. The van der Waals surface area contributed by atoms with Gasteiger partial charge in [-0.2, -0.15) is 0 Å². The molecule has 0 aliphatic rings. The Morgan fingerprint density at radius 3 is 2.75 bits per heavy atom. The largest absolute Gasteiger partial charge is 0.411 e. The number of aryl methyl sites for hydroxylation is 1. The highest BCUT2D eigenvalue weighted by Gasteiger charge is 2.11. The zero-order chi connectivity index (χ0) is 16.9. The lowest BCUT2D eigenvalue weighted by Crippen LogP contribution is -2.14. The van der Waals surface area contributed by atoms with Crippen LogP contribution in [0.15, 0.2) is 58.2 Å². The molecule has 0 radical (unpaired) electrons. The van der Waals surface area contributed by atoms with Gasteiger partial charge in [-0.25, -0.2) is 0 Å². The summed E-state index contributed by atoms with van der Waals surface area (Å²) in [5.41, 5.74) is 2.49. The minimum atomic E-state index is -0.148. The van der Waals surface area contributed by atoms with E-state index < -0.39 is 0 Å². The Kier molecular flexibility index (Phi) is 5.17. The molecule has 0 saturated heterocycles. The van der Waals surface area contributed by atoms with Gasteiger partial charge in [0, 0.05) is 16.3 Å². The van der Waals surface area contributed by atoms with Gasteiger partial charge < -0.3 is 9.73 Å². The Morgan fingerprint density at radius 2 is 2.00 bits per heavy atom. The maximum absolute atomic E-state index is 12.0. The van der Waals surface area contributed by atoms with E-state index in [-0.39, 0.29) is 11.7 Å².